The lowest BCUT2D eigenvalue weighted by Gasteiger charge is -2.23. The SMILES string of the molecule is C=CC(C)(CC=C(C)C)OC(C)=O. The second-order valence-electron chi connectivity index (χ2n) is 3.60. The Labute approximate surface area is 80.3 Å². The van der Waals surface area contributed by atoms with Gasteiger partial charge < -0.3 is 4.74 Å². The van der Waals surface area contributed by atoms with Gasteiger partial charge in [0.25, 0.3) is 0 Å². The maximum Gasteiger partial charge on any atom is 0.303 e. The molecule has 1 atom stereocenters. The Morgan fingerprint density at radius 2 is 2.00 bits per heavy atom. The molecule has 0 N–H and O–H groups in total. The average Bonchev–Trinajstić information content (AvgIpc) is 2.00. The van der Waals surface area contributed by atoms with Crippen LogP contribution in [0.1, 0.15) is 34.1 Å². The first-order chi connectivity index (χ1) is 5.89. The number of hydrogen-bond acceptors (Lipinski definition) is 2. The molecule has 0 heterocycles. The lowest BCUT2D eigenvalue weighted by molar-refractivity contribution is -0.150. The molecular formula is C11H18O2. The van der Waals surface area contributed by atoms with Crippen molar-refractivity contribution in [2.45, 2.75) is 39.7 Å². The van der Waals surface area contributed by atoms with Crippen LogP contribution in [0, 0.1) is 0 Å². The molecule has 2 heteroatoms. The molecule has 1 unspecified atom stereocenters. The number of carbonyl (C=O) groups excluding carboxylic acids is 1. The molecule has 13 heavy (non-hydrogen) atoms. The molecule has 0 aromatic rings. The third-order valence-corrected chi connectivity index (χ3v) is 1.72. The molecule has 0 saturated carbocycles. The van der Waals surface area contributed by atoms with Crippen LogP contribution in [-0.4, -0.2) is 11.6 Å². The molecule has 0 aliphatic rings. The van der Waals surface area contributed by atoms with Crippen LogP contribution in [-0.2, 0) is 9.53 Å². The van der Waals surface area contributed by atoms with E-state index in [1.807, 2.05) is 26.8 Å². The zero-order valence-corrected chi connectivity index (χ0v) is 8.89. The molecule has 0 aliphatic heterocycles. The zero-order chi connectivity index (χ0) is 10.5. The van der Waals surface area contributed by atoms with Gasteiger partial charge in [0.2, 0.25) is 0 Å². The summed E-state index contributed by atoms with van der Waals surface area (Å²) in [4.78, 5) is 10.8. The summed E-state index contributed by atoms with van der Waals surface area (Å²) in [6.07, 6.45) is 4.37. The van der Waals surface area contributed by atoms with Gasteiger partial charge in [-0.25, -0.2) is 0 Å². The standard InChI is InChI=1S/C11H18O2/c1-6-11(5,13-10(4)12)8-7-9(2)3/h6-7H,1,8H2,2-5H3. The van der Waals surface area contributed by atoms with Crippen LogP contribution < -0.4 is 0 Å². The van der Waals surface area contributed by atoms with Crippen LogP contribution in [0.4, 0.5) is 0 Å². The summed E-state index contributed by atoms with van der Waals surface area (Å²) in [5.41, 5.74) is 0.642. The van der Waals surface area contributed by atoms with Crippen LogP contribution >= 0.6 is 0 Å². The van der Waals surface area contributed by atoms with Crippen LogP contribution in [0.5, 0.6) is 0 Å². The van der Waals surface area contributed by atoms with Crippen molar-refractivity contribution in [1.29, 1.82) is 0 Å². The third kappa shape index (κ3) is 5.23. The lowest BCUT2D eigenvalue weighted by atomic mass is 10.0. The number of esters is 1. The minimum absolute atomic E-state index is 0.274. The van der Waals surface area contributed by atoms with Gasteiger partial charge in [-0.1, -0.05) is 18.2 Å². The lowest BCUT2D eigenvalue weighted by Crippen LogP contribution is -2.27. The fourth-order valence-electron chi connectivity index (χ4n) is 0.902. The molecular weight excluding hydrogens is 164 g/mol. The van der Waals surface area contributed by atoms with E-state index in [4.69, 9.17) is 4.74 Å². The molecule has 0 aliphatic carbocycles. The van der Waals surface area contributed by atoms with Crippen LogP contribution in [0.2, 0.25) is 0 Å². The van der Waals surface area contributed by atoms with Gasteiger partial charge in [-0.05, 0) is 26.8 Å². The van der Waals surface area contributed by atoms with Gasteiger partial charge in [0.05, 0.1) is 0 Å². The molecule has 2 nitrogen and oxygen atoms in total. The van der Waals surface area contributed by atoms with Crippen LogP contribution in [0.15, 0.2) is 24.3 Å². The summed E-state index contributed by atoms with van der Waals surface area (Å²) in [5, 5.41) is 0. The van der Waals surface area contributed by atoms with Crippen molar-refractivity contribution in [3.05, 3.63) is 24.3 Å². The van der Waals surface area contributed by atoms with E-state index in [1.54, 1.807) is 6.08 Å². The van der Waals surface area contributed by atoms with E-state index in [9.17, 15) is 4.79 Å². The normalized spacial score (nSPS) is 14.2. The molecule has 0 rings (SSSR count). The largest absolute Gasteiger partial charge is 0.455 e. The summed E-state index contributed by atoms with van der Waals surface area (Å²) in [6, 6.07) is 0. The molecule has 0 aromatic carbocycles. The Morgan fingerprint density at radius 3 is 2.31 bits per heavy atom. The molecule has 0 radical (unpaired) electrons. The minimum atomic E-state index is -0.566. The highest BCUT2D eigenvalue weighted by molar-refractivity contribution is 5.66. The Morgan fingerprint density at radius 1 is 1.46 bits per heavy atom. The molecule has 0 saturated heterocycles. The summed E-state index contributed by atoms with van der Waals surface area (Å²) in [7, 11) is 0. The van der Waals surface area contributed by atoms with Gasteiger partial charge in [0.15, 0.2) is 0 Å². The summed E-state index contributed by atoms with van der Waals surface area (Å²) >= 11 is 0. The van der Waals surface area contributed by atoms with E-state index >= 15 is 0 Å². The first-order valence-electron chi connectivity index (χ1n) is 4.36. The van der Waals surface area contributed by atoms with Crippen LogP contribution in [0.3, 0.4) is 0 Å². The van der Waals surface area contributed by atoms with Crippen molar-refractivity contribution in [1.82, 2.24) is 0 Å². The van der Waals surface area contributed by atoms with Gasteiger partial charge in [-0.15, -0.1) is 0 Å². The summed E-state index contributed by atoms with van der Waals surface area (Å²) in [6.45, 7) is 10.9. The van der Waals surface area contributed by atoms with Crippen molar-refractivity contribution < 1.29 is 9.53 Å². The Hall–Kier alpha value is -1.05. The number of hydrogen-bond donors (Lipinski definition) is 0. The maximum absolute atomic E-state index is 10.8. The highest BCUT2D eigenvalue weighted by Crippen LogP contribution is 2.18. The molecule has 0 bridgehead atoms. The quantitative estimate of drug-likeness (QED) is 0.493. The number of ether oxygens (including phenoxy) is 1. The van der Waals surface area contributed by atoms with Crippen molar-refractivity contribution in [2.75, 3.05) is 0 Å². The summed E-state index contributed by atoms with van der Waals surface area (Å²) < 4.78 is 5.14. The second kappa shape index (κ2) is 4.85. The van der Waals surface area contributed by atoms with E-state index in [2.05, 4.69) is 6.58 Å². The van der Waals surface area contributed by atoms with E-state index < -0.39 is 5.60 Å². The van der Waals surface area contributed by atoms with Crippen molar-refractivity contribution in [3.63, 3.8) is 0 Å². The first kappa shape index (κ1) is 11.9. The van der Waals surface area contributed by atoms with Gasteiger partial charge in [-0.3, -0.25) is 4.79 Å². The molecule has 0 aromatic heterocycles. The molecule has 74 valence electrons. The van der Waals surface area contributed by atoms with Gasteiger partial charge >= 0.3 is 5.97 Å². The van der Waals surface area contributed by atoms with Gasteiger partial charge in [0.1, 0.15) is 5.60 Å². The van der Waals surface area contributed by atoms with Crippen LogP contribution in [0.25, 0.3) is 0 Å². The van der Waals surface area contributed by atoms with E-state index in [1.165, 1.54) is 12.5 Å². The molecule has 0 amide bonds. The summed E-state index contributed by atoms with van der Waals surface area (Å²) in [5.74, 6) is -0.274. The highest BCUT2D eigenvalue weighted by atomic mass is 16.6. The number of allylic oxidation sites excluding steroid dienone is 1. The Kier molecular flexibility index (Phi) is 4.46. The predicted octanol–water partition coefficient (Wildman–Crippen LogP) is 2.85. The molecule has 0 spiro atoms. The predicted molar refractivity (Wildman–Crippen MR) is 54.4 cm³/mol. The topological polar surface area (TPSA) is 26.3 Å². The minimum Gasteiger partial charge on any atom is -0.455 e. The fourth-order valence-corrected chi connectivity index (χ4v) is 0.902. The second-order valence-corrected chi connectivity index (χ2v) is 3.60. The maximum atomic E-state index is 10.8. The first-order valence-corrected chi connectivity index (χ1v) is 4.36. The third-order valence-electron chi connectivity index (χ3n) is 1.72. The Balaban J connectivity index is 4.36. The smallest absolute Gasteiger partial charge is 0.303 e. The zero-order valence-electron chi connectivity index (χ0n) is 8.89. The van der Waals surface area contributed by atoms with Gasteiger partial charge in [-0.2, -0.15) is 0 Å². The highest BCUT2D eigenvalue weighted by Gasteiger charge is 2.21. The van der Waals surface area contributed by atoms with E-state index in [-0.39, 0.29) is 5.97 Å². The van der Waals surface area contributed by atoms with E-state index in [0.29, 0.717) is 6.42 Å². The van der Waals surface area contributed by atoms with Crippen molar-refractivity contribution >= 4 is 5.97 Å². The Bertz CT molecular complexity index is 224. The van der Waals surface area contributed by atoms with Crippen molar-refractivity contribution in [3.8, 4) is 0 Å². The number of carbonyl (C=O) groups is 1. The average molecular weight is 182 g/mol. The number of rotatable bonds is 4. The van der Waals surface area contributed by atoms with Crippen molar-refractivity contribution in [2.24, 2.45) is 0 Å². The van der Waals surface area contributed by atoms with E-state index in [0.717, 1.165) is 0 Å². The fraction of sp³-hybridized carbons (Fsp3) is 0.545. The molecule has 0 fully saturated rings. The monoisotopic (exact) mass is 182 g/mol. The van der Waals surface area contributed by atoms with Gasteiger partial charge in [0, 0.05) is 13.3 Å².